The first kappa shape index (κ1) is 13.4. The van der Waals surface area contributed by atoms with Crippen LogP contribution in [0.15, 0.2) is 53.4 Å². The SMILES string of the molecule is O=S(=O)(Cc1ccc(Cl)cc1)c1ccc(Cl)cc1. The van der Waals surface area contributed by atoms with Crippen LogP contribution >= 0.6 is 23.2 Å². The molecule has 0 aliphatic rings. The Bertz CT molecular complexity index is 632. The molecule has 0 aromatic heterocycles. The molecule has 0 N–H and O–H groups in total. The molecule has 5 heteroatoms. The molecule has 0 unspecified atom stereocenters. The van der Waals surface area contributed by atoms with E-state index in [1.54, 1.807) is 36.4 Å². The predicted molar refractivity (Wildman–Crippen MR) is 73.8 cm³/mol. The highest BCUT2D eigenvalue weighted by Gasteiger charge is 2.14. The maximum Gasteiger partial charge on any atom is 0.182 e. The summed E-state index contributed by atoms with van der Waals surface area (Å²) in [6.45, 7) is 0. The molecule has 2 aromatic carbocycles. The Labute approximate surface area is 116 Å². The van der Waals surface area contributed by atoms with Gasteiger partial charge in [-0.05, 0) is 42.0 Å². The van der Waals surface area contributed by atoms with Crippen LogP contribution in [-0.4, -0.2) is 8.42 Å². The Balaban J connectivity index is 2.27. The first-order valence-corrected chi connectivity index (χ1v) is 7.61. The van der Waals surface area contributed by atoms with Crippen molar-refractivity contribution in [2.75, 3.05) is 0 Å². The number of rotatable bonds is 3. The van der Waals surface area contributed by atoms with E-state index in [-0.39, 0.29) is 10.6 Å². The van der Waals surface area contributed by atoms with Gasteiger partial charge in [0.05, 0.1) is 10.6 Å². The van der Waals surface area contributed by atoms with Crippen LogP contribution in [0.2, 0.25) is 10.0 Å². The second kappa shape index (κ2) is 5.31. The van der Waals surface area contributed by atoms with E-state index in [0.29, 0.717) is 15.6 Å². The van der Waals surface area contributed by atoms with Crippen LogP contribution < -0.4 is 0 Å². The largest absolute Gasteiger partial charge is 0.223 e. The Hall–Kier alpha value is -1.03. The summed E-state index contributed by atoms with van der Waals surface area (Å²) < 4.78 is 24.2. The zero-order chi connectivity index (χ0) is 13.2. The zero-order valence-corrected chi connectivity index (χ0v) is 11.6. The van der Waals surface area contributed by atoms with Crippen LogP contribution in [0.1, 0.15) is 5.56 Å². The number of benzene rings is 2. The summed E-state index contributed by atoms with van der Waals surface area (Å²) in [5.74, 6) is -0.0498. The highest BCUT2D eigenvalue weighted by molar-refractivity contribution is 7.90. The van der Waals surface area contributed by atoms with E-state index >= 15 is 0 Å². The number of hydrogen-bond donors (Lipinski definition) is 0. The lowest BCUT2D eigenvalue weighted by molar-refractivity contribution is 0.595. The monoisotopic (exact) mass is 300 g/mol. The van der Waals surface area contributed by atoms with Crippen molar-refractivity contribution >= 4 is 33.0 Å². The summed E-state index contributed by atoms with van der Waals surface area (Å²) in [5.41, 5.74) is 0.703. The molecule has 0 aliphatic heterocycles. The fraction of sp³-hybridized carbons (Fsp3) is 0.0769. The second-order valence-electron chi connectivity index (χ2n) is 3.84. The van der Waals surface area contributed by atoms with Crippen LogP contribution in [0.4, 0.5) is 0 Å². The van der Waals surface area contributed by atoms with Crippen molar-refractivity contribution < 1.29 is 8.42 Å². The second-order valence-corrected chi connectivity index (χ2v) is 6.70. The lowest BCUT2D eigenvalue weighted by atomic mass is 10.2. The van der Waals surface area contributed by atoms with E-state index < -0.39 is 9.84 Å². The molecule has 0 saturated carbocycles. The fourth-order valence-corrected chi connectivity index (χ4v) is 3.13. The van der Waals surface area contributed by atoms with Crippen molar-refractivity contribution in [2.24, 2.45) is 0 Å². The fourth-order valence-electron chi connectivity index (χ4n) is 1.53. The minimum atomic E-state index is -3.34. The number of sulfone groups is 1. The first-order valence-electron chi connectivity index (χ1n) is 5.20. The van der Waals surface area contributed by atoms with E-state index in [1.807, 2.05) is 0 Å². The first-order chi connectivity index (χ1) is 8.47. The molecule has 0 aliphatic carbocycles. The Morgan fingerprint density at radius 2 is 1.22 bits per heavy atom. The summed E-state index contributed by atoms with van der Waals surface area (Å²) in [4.78, 5) is 0.266. The topological polar surface area (TPSA) is 34.1 Å². The molecule has 2 aromatic rings. The molecular formula is C13H10Cl2O2S. The van der Waals surface area contributed by atoms with Crippen LogP contribution in [0.5, 0.6) is 0 Å². The average molecular weight is 301 g/mol. The molecule has 94 valence electrons. The minimum Gasteiger partial charge on any atom is -0.223 e. The van der Waals surface area contributed by atoms with E-state index in [2.05, 4.69) is 0 Å². The molecule has 0 radical (unpaired) electrons. The van der Waals surface area contributed by atoms with Crippen molar-refractivity contribution in [1.82, 2.24) is 0 Å². The third kappa shape index (κ3) is 3.25. The van der Waals surface area contributed by atoms with Gasteiger partial charge in [-0.25, -0.2) is 8.42 Å². The third-order valence-electron chi connectivity index (χ3n) is 2.44. The van der Waals surface area contributed by atoms with Gasteiger partial charge in [0.15, 0.2) is 9.84 Å². The van der Waals surface area contributed by atoms with Crippen molar-refractivity contribution in [1.29, 1.82) is 0 Å². The van der Waals surface area contributed by atoms with Gasteiger partial charge in [-0.2, -0.15) is 0 Å². The van der Waals surface area contributed by atoms with E-state index in [9.17, 15) is 8.42 Å². The van der Waals surface area contributed by atoms with Gasteiger partial charge >= 0.3 is 0 Å². The van der Waals surface area contributed by atoms with Crippen LogP contribution in [0.25, 0.3) is 0 Å². The maximum atomic E-state index is 12.1. The minimum absolute atomic E-state index is 0.0498. The lowest BCUT2D eigenvalue weighted by Crippen LogP contribution is -2.04. The Kier molecular flexibility index (Phi) is 3.95. The van der Waals surface area contributed by atoms with Crippen molar-refractivity contribution in [3.8, 4) is 0 Å². The molecule has 2 rings (SSSR count). The van der Waals surface area contributed by atoms with Crippen molar-refractivity contribution in [3.05, 3.63) is 64.1 Å². The summed E-state index contributed by atoms with van der Waals surface area (Å²) in [6, 6.07) is 12.9. The zero-order valence-electron chi connectivity index (χ0n) is 9.31. The molecular weight excluding hydrogens is 291 g/mol. The van der Waals surface area contributed by atoms with Gasteiger partial charge in [0.1, 0.15) is 0 Å². The van der Waals surface area contributed by atoms with Gasteiger partial charge in [0, 0.05) is 10.0 Å². The van der Waals surface area contributed by atoms with Gasteiger partial charge < -0.3 is 0 Å². The maximum absolute atomic E-state index is 12.1. The highest BCUT2D eigenvalue weighted by Crippen LogP contribution is 2.19. The van der Waals surface area contributed by atoms with Gasteiger partial charge in [0.25, 0.3) is 0 Å². The summed E-state index contributed by atoms with van der Waals surface area (Å²) in [6.07, 6.45) is 0. The molecule has 0 bridgehead atoms. The van der Waals surface area contributed by atoms with Gasteiger partial charge in [-0.3, -0.25) is 0 Å². The van der Waals surface area contributed by atoms with Gasteiger partial charge in [0.2, 0.25) is 0 Å². The van der Waals surface area contributed by atoms with Gasteiger partial charge in [-0.1, -0.05) is 35.3 Å². The van der Waals surface area contributed by atoms with Crippen LogP contribution in [-0.2, 0) is 15.6 Å². The molecule has 0 atom stereocenters. The summed E-state index contributed by atoms with van der Waals surface area (Å²) in [7, 11) is -3.34. The number of halogens is 2. The molecule has 0 spiro atoms. The molecule has 0 saturated heterocycles. The third-order valence-corrected chi connectivity index (χ3v) is 4.65. The van der Waals surface area contributed by atoms with E-state index in [1.165, 1.54) is 12.1 Å². The van der Waals surface area contributed by atoms with Crippen molar-refractivity contribution in [2.45, 2.75) is 10.6 Å². The summed E-state index contributed by atoms with van der Waals surface area (Å²) >= 11 is 11.5. The van der Waals surface area contributed by atoms with Crippen LogP contribution in [0.3, 0.4) is 0 Å². The Morgan fingerprint density at radius 1 is 0.778 bits per heavy atom. The van der Waals surface area contributed by atoms with Crippen LogP contribution in [0, 0.1) is 0 Å². The van der Waals surface area contributed by atoms with Crippen molar-refractivity contribution in [3.63, 3.8) is 0 Å². The smallest absolute Gasteiger partial charge is 0.182 e. The number of hydrogen-bond acceptors (Lipinski definition) is 2. The molecule has 0 heterocycles. The summed E-state index contributed by atoms with van der Waals surface area (Å²) in [5, 5.41) is 1.10. The predicted octanol–water partition coefficient (Wildman–Crippen LogP) is 3.97. The highest BCUT2D eigenvalue weighted by atomic mass is 35.5. The van der Waals surface area contributed by atoms with Gasteiger partial charge in [-0.15, -0.1) is 0 Å². The van der Waals surface area contributed by atoms with E-state index in [4.69, 9.17) is 23.2 Å². The molecule has 0 fully saturated rings. The Morgan fingerprint density at radius 3 is 1.72 bits per heavy atom. The quantitative estimate of drug-likeness (QED) is 0.859. The van der Waals surface area contributed by atoms with E-state index in [0.717, 1.165) is 0 Å². The standard InChI is InChI=1S/C13H10Cl2O2S/c14-11-3-1-10(2-4-11)9-18(16,17)13-7-5-12(15)6-8-13/h1-8H,9H2. The average Bonchev–Trinajstić information content (AvgIpc) is 2.32. The molecule has 2 nitrogen and oxygen atoms in total. The molecule has 0 amide bonds. The molecule has 18 heavy (non-hydrogen) atoms. The normalized spacial score (nSPS) is 11.4. The lowest BCUT2D eigenvalue weighted by Gasteiger charge is -2.05.